The van der Waals surface area contributed by atoms with Gasteiger partial charge in [0.25, 0.3) is 0 Å². The average molecular weight is 252 g/mol. The number of anilines is 1. The maximum Gasteiger partial charge on any atom is 0.121 e. The number of hydrogen-bond acceptors (Lipinski definition) is 4. The van der Waals surface area contributed by atoms with E-state index in [0.29, 0.717) is 19.8 Å². The van der Waals surface area contributed by atoms with Crippen LogP contribution in [-0.4, -0.2) is 39.5 Å². The van der Waals surface area contributed by atoms with Crippen molar-refractivity contribution in [1.82, 2.24) is 0 Å². The Hall–Kier alpha value is -1.26. The Kier molecular flexibility index (Phi) is 5.44. The summed E-state index contributed by atoms with van der Waals surface area (Å²) in [4.78, 5) is 2.04. The van der Waals surface area contributed by atoms with E-state index in [2.05, 4.69) is 0 Å². The first-order valence-corrected chi connectivity index (χ1v) is 6.15. The standard InChI is InChI=1S/C14H24N2O2/c1-14(2,15)11-17-8-9-18-13-7-5-6-12(10-13)16(3)4/h5-7,10H,8-9,11,15H2,1-4H3. The lowest BCUT2D eigenvalue weighted by atomic mass is 10.1. The second-order valence-electron chi connectivity index (χ2n) is 5.28. The lowest BCUT2D eigenvalue weighted by Gasteiger charge is -2.18. The van der Waals surface area contributed by atoms with Gasteiger partial charge in [-0.2, -0.15) is 0 Å². The van der Waals surface area contributed by atoms with Crippen LogP contribution in [0.2, 0.25) is 0 Å². The first-order valence-electron chi connectivity index (χ1n) is 6.15. The molecule has 0 aliphatic rings. The normalized spacial score (nSPS) is 11.4. The highest BCUT2D eigenvalue weighted by Gasteiger charge is 2.09. The van der Waals surface area contributed by atoms with Gasteiger partial charge in [-0.25, -0.2) is 0 Å². The third-order valence-electron chi connectivity index (χ3n) is 2.30. The molecule has 0 amide bonds. The largest absolute Gasteiger partial charge is 0.491 e. The molecule has 102 valence electrons. The van der Waals surface area contributed by atoms with E-state index in [4.69, 9.17) is 15.2 Å². The molecule has 1 rings (SSSR count). The van der Waals surface area contributed by atoms with Crippen LogP contribution >= 0.6 is 0 Å². The monoisotopic (exact) mass is 252 g/mol. The van der Waals surface area contributed by atoms with Crippen LogP contribution in [0.15, 0.2) is 24.3 Å². The zero-order valence-corrected chi connectivity index (χ0v) is 11.8. The second kappa shape index (κ2) is 6.61. The van der Waals surface area contributed by atoms with Crippen molar-refractivity contribution >= 4 is 5.69 Å². The van der Waals surface area contributed by atoms with E-state index in [1.807, 2.05) is 57.1 Å². The molecule has 0 saturated heterocycles. The van der Waals surface area contributed by atoms with Crippen LogP contribution in [-0.2, 0) is 4.74 Å². The molecule has 0 unspecified atom stereocenters. The molecule has 0 fully saturated rings. The van der Waals surface area contributed by atoms with E-state index >= 15 is 0 Å². The third-order valence-corrected chi connectivity index (χ3v) is 2.30. The highest BCUT2D eigenvalue weighted by molar-refractivity contribution is 5.49. The van der Waals surface area contributed by atoms with E-state index < -0.39 is 0 Å². The number of nitrogens with zero attached hydrogens (tertiary/aromatic N) is 1. The molecular weight excluding hydrogens is 228 g/mol. The fourth-order valence-corrected chi connectivity index (χ4v) is 1.41. The molecule has 0 aromatic heterocycles. The van der Waals surface area contributed by atoms with Gasteiger partial charge in [0.15, 0.2) is 0 Å². The number of benzene rings is 1. The molecule has 2 N–H and O–H groups in total. The van der Waals surface area contributed by atoms with Crippen molar-refractivity contribution < 1.29 is 9.47 Å². The summed E-state index contributed by atoms with van der Waals surface area (Å²) < 4.78 is 11.1. The molecule has 18 heavy (non-hydrogen) atoms. The van der Waals surface area contributed by atoms with E-state index in [0.717, 1.165) is 11.4 Å². The van der Waals surface area contributed by atoms with Crippen LogP contribution in [0, 0.1) is 0 Å². The van der Waals surface area contributed by atoms with Gasteiger partial charge in [0, 0.05) is 31.4 Å². The van der Waals surface area contributed by atoms with Crippen molar-refractivity contribution in [2.75, 3.05) is 38.8 Å². The van der Waals surface area contributed by atoms with Crippen LogP contribution in [0.4, 0.5) is 5.69 Å². The summed E-state index contributed by atoms with van der Waals surface area (Å²) in [7, 11) is 4.01. The van der Waals surface area contributed by atoms with Crippen molar-refractivity contribution in [2.45, 2.75) is 19.4 Å². The Morgan fingerprint density at radius 3 is 2.56 bits per heavy atom. The van der Waals surface area contributed by atoms with Crippen molar-refractivity contribution in [3.05, 3.63) is 24.3 Å². The summed E-state index contributed by atoms with van der Waals surface area (Å²) in [6.45, 7) is 5.50. The maximum absolute atomic E-state index is 5.81. The highest BCUT2D eigenvalue weighted by atomic mass is 16.5. The first-order chi connectivity index (χ1) is 8.38. The molecule has 0 spiro atoms. The molecular formula is C14H24N2O2. The molecule has 0 saturated carbocycles. The molecule has 0 aliphatic heterocycles. The zero-order chi connectivity index (χ0) is 13.6. The van der Waals surface area contributed by atoms with Crippen LogP contribution in [0.25, 0.3) is 0 Å². The van der Waals surface area contributed by atoms with Gasteiger partial charge in [-0.1, -0.05) is 6.07 Å². The number of hydrogen-bond donors (Lipinski definition) is 1. The first kappa shape index (κ1) is 14.8. The second-order valence-corrected chi connectivity index (χ2v) is 5.28. The molecule has 4 nitrogen and oxygen atoms in total. The van der Waals surface area contributed by atoms with Crippen molar-refractivity contribution in [3.63, 3.8) is 0 Å². The van der Waals surface area contributed by atoms with E-state index in [1.165, 1.54) is 0 Å². The number of ether oxygens (including phenoxy) is 2. The number of rotatable bonds is 7. The van der Waals surface area contributed by atoms with Gasteiger partial charge in [0.05, 0.1) is 13.2 Å². The minimum absolute atomic E-state index is 0.287. The minimum atomic E-state index is -0.287. The summed E-state index contributed by atoms with van der Waals surface area (Å²) in [6, 6.07) is 7.97. The molecule has 0 heterocycles. The molecule has 0 bridgehead atoms. The van der Waals surface area contributed by atoms with Crippen molar-refractivity contribution in [1.29, 1.82) is 0 Å². The lowest BCUT2D eigenvalue weighted by Crippen LogP contribution is -2.37. The Bertz CT molecular complexity index is 359. The average Bonchev–Trinajstić information content (AvgIpc) is 2.27. The fraction of sp³-hybridized carbons (Fsp3) is 0.571. The smallest absolute Gasteiger partial charge is 0.121 e. The Morgan fingerprint density at radius 2 is 1.94 bits per heavy atom. The molecule has 0 radical (unpaired) electrons. The maximum atomic E-state index is 5.81. The Labute approximate surface area is 110 Å². The van der Waals surface area contributed by atoms with E-state index in [-0.39, 0.29) is 5.54 Å². The predicted molar refractivity (Wildman–Crippen MR) is 75.3 cm³/mol. The SMILES string of the molecule is CN(C)c1cccc(OCCOCC(C)(C)N)c1. The van der Waals surface area contributed by atoms with Crippen LogP contribution in [0.5, 0.6) is 5.75 Å². The van der Waals surface area contributed by atoms with Crippen molar-refractivity contribution in [3.8, 4) is 5.75 Å². The van der Waals surface area contributed by atoms with Gasteiger partial charge in [0.1, 0.15) is 12.4 Å². The van der Waals surface area contributed by atoms with Gasteiger partial charge in [-0.15, -0.1) is 0 Å². The minimum Gasteiger partial charge on any atom is -0.491 e. The van der Waals surface area contributed by atoms with Gasteiger partial charge < -0.3 is 20.1 Å². The summed E-state index contributed by atoms with van der Waals surface area (Å²) in [5.74, 6) is 0.858. The summed E-state index contributed by atoms with van der Waals surface area (Å²) in [5.41, 5.74) is 6.65. The Morgan fingerprint density at radius 1 is 1.22 bits per heavy atom. The summed E-state index contributed by atoms with van der Waals surface area (Å²) in [5, 5.41) is 0. The molecule has 1 aromatic rings. The molecule has 4 heteroatoms. The predicted octanol–water partition coefficient (Wildman–Crippen LogP) is 1.89. The quantitative estimate of drug-likeness (QED) is 0.753. The zero-order valence-electron chi connectivity index (χ0n) is 11.8. The number of nitrogens with two attached hydrogens (primary N) is 1. The molecule has 0 aliphatic carbocycles. The molecule has 1 aromatic carbocycles. The van der Waals surface area contributed by atoms with E-state index in [9.17, 15) is 0 Å². The van der Waals surface area contributed by atoms with Gasteiger partial charge in [-0.3, -0.25) is 0 Å². The fourth-order valence-electron chi connectivity index (χ4n) is 1.41. The van der Waals surface area contributed by atoms with Crippen LogP contribution in [0.3, 0.4) is 0 Å². The van der Waals surface area contributed by atoms with Crippen LogP contribution in [0.1, 0.15) is 13.8 Å². The third kappa shape index (κ3) is 5.89. The van der Waals surface area contributed by atoms with Gasteiger partial charge in [-0.05, 0) is 26.0 Å². The van der Waals surface area contributed by atoms with Gasteiger partial charge >= 0.3 is 0 Å². The lowest BCUT2D eigenvalue weighted by molar-refractivity contribution is 0.0724. The Balaban J connectivity index is 2.29. The topological polar surface area (TPSA) is 47.7 Å². The highest BCUT2D eigenvalue weighted by Crippen LogP contribution is 2.19. The van der Waals surface area contributed by atoms with Crippen molar-refractivity contribution in [2.24, 2.45) is 5.73 Å². The summed E-state index contributed by atoms with van der Waals surface area (Å²) >= 11 is 0. The van der Waals surface area contributed by atoms with E-state index in [1.54, 1.807) is 0 Å². The van der Waals surface area contributed by atoms with Crippen LogP contribution < -0.4 is 15.4 Å². The molecule has 0 atom stereocenters. The van der Waals surface area contributed by atoms with Gasteiger partial charge in [0.2, 0.25) is 0 Å². The summed E-state index contributed by atoms with van der Waals surface area (Å²) in [6.07, 6.45) is 0.